The number of anilines is 1. The van der Waals surface area contributed by atoms with Gasteiger partial charge in [-0.2, -0.15) is 0 Å². The number of aliphatic hydroxyl groups excluding tert-OH is 1. The van der Waals surface area contributed by atoms with Crippen molar-refractivity contribution in [3.8, 4) is 0 Å². The molecule has 0 saturated carbocycles. The number of benzene rings is 1. The largest absolute Gasteiger partial charge is 0.389 e. The summed E-state index contributed by atoms with van der Waals surface area (Å²) in [4.78, 5) is 15.8. The first-order valence-corrected chi connectivity index (χ1v) is 5.63. The molecule has 2 aromatic rings. The van der Waals surface area contributed by atoms with Gasteiger partial charge in [0.2, 0.25) is 0 Å². The number of carbonyl (C=O) groups excluding carboxylic acids is 1. The molecule has 1 atom stereocenters. The van der Waals surface area contributed by atoms with Crippen LogP contribution in [-0.2, 0) is 7.05 Å². The maximum atomic E-state index is 11.8. The highest BCUT2D eigenvalue weighted by Crippen LogP contribution is 2.16. The van der Waals surface area contributed by atoms with Gasteiger partial charge in [-0.3, -0.25) is 4.79 Å². The standard InChI is InChI=1S/C13H15N3O2/c1-9(17)10-3-5-11(6-4-10)15-13(18)12-7-16(2)8-14-12/h3-9,17H,1-2H3,(H,15,18). The van der Waals surface area contributed by atoms with E-state index in [1.54, 1.807) is 55.3 Å². The lowest BCUT2D eigenvalue weighted by molar-refractivity contribution is 0.102. The van der Waals surface area contributed by atoms with Crippen LogP contribution in [0.5, 0.6) is 0 Å². The Labute approximate surface area is 105 Å². The Balaban J connectivity index is 2.07. The van der Waals surface area contributed by atoms with Crippen LogP contribution in [0.2, 0.25) is 0 Å². The molecule has 2 N–H and O–H groups in total. The maximum Gasteiger partial charge on any atom is 0.275 e. The van der Waals surface area contributed by atoms with Crippen LogP contribution < -0.4 is 5.32 Å². The molecule has 1 amide bonds. The van der Waals surface area contributed by atoms with Gasteiger partial charge in [0.05, 0.1) is 12.4 Å². The van der Waals surface area contributed by atoms with Crippen molar-refractivity contribution in [2.24, 2.45) is 7.05 Å². The molecule has 94 valence electrons. The average molecular weight is 245 g/mol. The molecule has 5 nitrogen and oxygen atoms in total. The van der Waals surface area contributed by atoms with Gasteiger partial charge < -0.3 is 15.0 Å². The first kappa shape index (κ1) is 12.3. The minimum Gasteiger partial charge on any atom is -0.389 e. The number of aryl methyl sites for hydroxylation is 1. The number of amides is 1. The molecule has 18 heavy (non-hydrogen) atoms. The first-order chi connectivity index (χ1) is 8.56. The number of aromatic nitrogens is 2. The van der Waals surface area contributed by atoms with E-state index in [9.17, 15) is 9.90 Å². The molecule has 2 rings (SSSR count). The Morgan fingerprint density at radius 1 is 1.39 bits per heavy atom. The fourth-order valence-corrected chi connectivity index (χ4v) is 1.57. The molecule has 1 aromatic carbocycles. The maximum absolute atomic E-state index is 11.8. The minimum absolute atomic E-state index is 0.250. The van der Waals surface area contributed by atoms with Crippen LogP contribution in [0.4, 0.5) is 5.69 Å². The van der Waals surface area contributed by atoms with Crippen molar-refractivity contribution >= 4 is 11.6 Å². The van der Waals surface area contributed by atoms with E-state index in [-0.39, 0.29) is 5.91 Å². The number of hydrogen-bond acceptors (Lipinski definition) is 3. The van der Waals surface area contributed by atoms with Crippen LogP contribution in [0.25, 0.3) is 0 Å². The summed E-state index contributed by atoms with van der Waals surface area (Å²) in [6.45, 7) is 1.70. The summed E-state index contributed by atoms with van der Waals surface area (Å²) in [6.07, 6.45) is 2.72. The second-order valence-corrected chi connectivity index (χ2v) is 4.18. The van der Waals surface area contributed by atoms with Gasteiger partial charge >= 0.3 is 0 Å². The zero-order chi connectivity index (χ0) is 13.1. The van der Waals surface area contributed by atoms with Gasteiger partial charge in [0.15, 0.2) is 0 Å². The van der Waals surface area contributed by atoms with Crippen molar-refractivity contribution in [2.45, 2.75) is 13.0 Å². The highest BCUT2D eigenvalue weighted by atomic mass is 16.3. The van der Waals surface area contributed by atoms with Gasteiger partial charge in [0.1, 0.15) is 5.69 Å². The lowest BCUT2D eigenvalue weighted by Crippen LogP contribution is -2.12. The molecule has 0 fully saturated rings. The highest BCUT2D eigenvalue weighted by molar-refractivity contribution is 6.02. The molecular formula is C13H15N3O2. The van der Waals surface area contributed by atoms with E-state index in [0.717, 1.165) is 5.56 Å². The summed E-state index contributed by atoms with van der Waals surface area (Å²) in [6, 6.07) is 7.06. The van der Waals surface area contributed by atoms with Gasteiger partial charge in [0.25, 0.3) is 5.91 Å². The van der Waals surface area contributed by atoms with Crippen LogP contribution in [-0.4, -0.2) is 20.6 Å². The summed E-state index contributed by atoms with van der Waals surface area (Å²) in [7, 11) is 1.81. The molecule has 5 heteroatoms. The number of aliphatic hydroxyl groups is 1. The smallest absolute Gasteiger partial charge is 0.275 e. The van der Waals surface area contributed by atoms with Gasteiger partial charge in [-0.05, 0) is 24.6 Å². The highest BCUT2D eigenvalue weighted by Gasteiger charge is 2.09. The number of hydrogen-bond donors (Lipinski definition) is 2. The number of imidazole rings is 1. The lowest BCUT2D eigenvalue weighted by Gasteiger charge is -2.07. The second-order valence-electron chi connectivity index (χ2n) is 4.18. The van der Waals surface area contributed by atoms with Crippen LogP contribution >= 0.6 is 0 Å². The van der Waals surface area contributed by atoms with E-state index in [1.165, 1.54) is 0 Å². The number of nitrogens with one attached hydrogen (secondary N) is 1. The fourth-order valence-electron chi connectivity index (χ4n) is 1.57. The van der Waals surface area contributed by atoms with Crippen molar-refractivity contribution < 1.29 is 9.90 Å². The number of nitrogens with zero attached hydrogens (tertiary/aromatic N) is 2. The van der Waals surface area contributed by atoms with E-state index in [0.29, 0.717) is 11.4 Å². The molecule has 1 unspecified atom stereocenters. The zero-order valence-electron chi connectivity index (χ0n) is 10.3. The third-order valence-electron chi connectivity index (χ3n) is 2.59. The van der Waals surface area contributed by atoms with Crippen LogP contribution in [0.3, 0.4) is 0 Å². The minimum atomic E-state index is -0.509. The molecule has 0 aliphatic rings. The molecule has 0 radical (unpaired) electrons. The summed E-state index contributed by atoms with van der Waals surface area (Å²) in [5.74, 6) is -0.250. The van der Waals surface area contributed by atoms with Gasteiger partial charge in [-0.15, -0.1) is 0 Å². The Morgan fingerprint density at radius 3 is 2.56 bits per heavy atom. The van der Waals surface area contributed by atoms with Crippen molar-refractivity contribution in [1.29, 1.82) is 0 Å². The van der Waals surface area contributed by atoms with E-state index < -0.39 is 6.10 Å². The van der Waals surface area contributed by atoms with Gasteiger partial charge in [-0.25, -0.2) is 4.98 Å². The molecular weight excluding hydrogens is 230 g/mol. The monoisotopic (exact) mass is 245 g/mol. The molecule has 1 aromatic heterocycles. The van der Waals surface area contributed by atoms with Crippen molar-refractivity contribution in [1.82, 2.24) is 9.55 Å². The van der Waals surface area contributed by atoms with E-state index in [2.05, 4.69) is 10.3 Å². The summed E-state index contributed by atoms with van der Waals surface area (Å²) in [5, 5.41) is 12.1. The molecule has 0 bridgehead atoms. The Kier molecular flexibility index (Phi) is 3.43. The molecule has 0 spiro atoms. The van der Waals surface area contributed by atoms with Crippen LogP contribution in [0.15, 0.2) is 36.8 Å². The molecule has 1 heterocycles. The summed E-state index contributed by atoms with van der Waals surface area (Å²) < 4.78 is 1.71. The lowest BCUT2D eigenvalue weighted by atomic mass is 10.1. The molecule has 0 aliphatic carbocycles. The van der Waals surface area contributed by atoms with E-state index in [1.807, 2.05) is 0 Å². The van der Waals surface area contributed by atoms with E-state index >= 15 is 0 Å². The number of carbonyl (C=O) groups is 1. The molecule has 0 saturated heterocycles. The predicted octanol–water partition coefficient (Wildman–Crippen LogP) is 1.73. The van der Waals surface area contributed by atoms with Crippen molar-refractivity contribution in [3.63, 3.8) is 0 Å². The first-order valence-electron chi connectivity index (χ1n) is 5.63. The normalized spacial score (nSPS) is 12.2. The Hall–Kier alpha value is -2.14. The van der Waals surface area contributed by atoms with E-state index in [4.69, 9.17) is 0 Å². The zero-order valence-corrected chi connectivity index (χ0v) is 10.3. The van der Waals surface area contributed by atoms with Crippen LogP contribution in [0.1, 0.15) is 29.1 Å². The third-order valence-corrected chi connectivity index (χ3v) is 2.59. The Bertz CT molecular complexity index is 544. The summed E-state index contributed by atoms with van der Waals surface area (Å²) >= 11 is 0. The average Bonchev–Trinajstić information content (AvgIpc) is 2.76. The fraction of sp³-hybridized carbons (Fsp3) is 0.231. The van der Waals surface area contributed by atoms with Crippen LogP contribution in [0, 0.1) is 0 Å². The molecule has 0 aliphatic heterocycles. The predicted molar refractivity (Wildman–Crippen MR) is 68.2 cm³/mol. The van der Waals surface area contributed by atoms with Crippen molar-refractivity contribution in [2.75, 3.05) is 5.32 Å². The summed E-state index contributed by atoms with van der Waals surface area (Å²) in [5.41, 5.74) is 1.86. The SMILES string of the molecule is CC(O)c1ccc(NC(=O)c2cn(C)cn2)cc1. The second kappa shape index (κ2) is 5.01. The number of rotatable bonds is 3. The quantitative estimate of drug-likeness (QED) is 0.865. The topological polar surface area (TPSA) is 67.2 Å². The third kappa shape index (κ3) is 2.75. The van der Waals surface area contributed by atoms with Gasteiger partial charge in [-0.1, -0.05) is 12.1 Å². The van der Waals surface area contributed by atoms with Gasteiger partial charge in [0, 0.05) is 18.9 Å². The van der Waals surface area contributed by atoms with Crippen molar-refractivity contribution in [3.05, 3.63) is 48.0 Å². The Morgan fingerprint density at radius 2 is 2.06 bits per heavy atom.